The third-order valence-electron chi connectivity index (χ3n) is 8.56. The quantitative estimate of drug-likeness (QED) is 0.117. The molecule has 1 unspecified atom stereocenters. The molecule has 284 valence electrons. The van der Waals surface area contributed by atoms with Gasteiger partial charge in [-0.1, -0.05) is 77.8 Å². The highest BCUT2D eigenvalue weighted by molar-refractivity contribution is 6.31. The second-order valence-corrected chi connectivity index (χ2v) is 13.6. The Morgan fingerprint density at radius 2 is 1.55 bits per heavy atom. The Morgan fingerprint density at radius 3 is 2.24 bits per heavy atom. The van der Waals surface area contributed by atoms with Crippen molar-refractivity contribution in [3.8, 4) is 5.75 Å². The first-order chi connectivity index (χ1) is 26.3. The number of hydrogen-bond donors (Lipinski definition) is 4. The van der Waals surface area contributed by atoms with Crippen LogP contribution in [-0.2, 0) is 25.7 Å². The molecule has 0 fully saturated rings. The monoisotopic (exact) mass is 782 g/mol. The maximum absolute atomic E-state index is 13.7. The fourth-order valence-corrected chi connectivity index (χ4v) is 6.31. The van der Waals surface area contributed by atoms with Crippen molar-refractivity contribution in [2.45, 2.75) is 45.9 Å². The van der Waals surface area contributed by atoms with Gasteiger partial charge in [-0.2, -0.15) is 0 Å². The number of rotatable bonds is 9. The Labute approximate surface area is 329 Å². The summed E-state index contributed by atoms with van der Waals surface area (Å²) in [5.74, 6) is -1.28. The average molecular weight is 784 g/mol. The van der Waals surface area contributed by atoms with Gasteiger partial charge < -0.3 is 35.4 Å². The van der Waals surface area contributed by atoms with Crippen LogP contribution in [0.5, 0.6) is 5.75 Å². The molecule has 13 heteroatoms. The van der Waals surface area contributed by atoms with Crippen molar-refractivity contribution < 1.29 is 33.8 Å². The Bertz CT molecular complexity index is 2200. The Balaban J connectivity index is 0.000000246. The molecule has 0 radical (unpaired) electrons. The number of methoxy groups -OCH3 is 1. The van der Waals surface area contributed by atoms with Gasteiger partial charge in [0.15, 0.2) is 0 Å². The third-order valence-corrected chi connectivity index (χ3v) is 9.16. The molecule has 0 saturated carbocycles. The molecule has 11 nitrogen and oxygen atoms in total. The molecule has 1 aliphatic heterocycles. The highest BCUT2D eigenvalue weighted by atomic mass is 35.5. The number of nitrogens with zero attached hydrogens (tertiary/aromatic N) is 1. The molecule has 6 rings (SSSR count). The lowest BCUT2D eigenvalue weighted by Crippen LogP contribution is -2.40. The van der Waals surface area contributed by atoms with Crippen LogP contribution in [-0.4, -0.2) is 42.1 Å². The first-order valence-electron chi connectivity index (χ1n) is 17.2. The van der Waals surface area contributed by atoms with Crippen LogP contribution in [0.25, 0.3) is 0 Å². The number of para-hydroxylation sites is 1. The van der Waals surface area contributed by atoms with Crippen LogP contribution in [0.1, 0.15) is 47.3 Å². The minimum absolute atomic E-state index is 0.0285. The van der Waals surface area contributed by atoms with Gasteiger partial charge in [0.25, 0.3) is 5.91 Å². The zero-order valence-electron chi connectivity index (χ0n) is 30.6. The van der Waals surface area contributed by atoms with E-state index in [0.29, 0.717) is 44.0 Å². The van der Waals surface area contributed by atoms with Crippen molar-refractivity contribution >= 4 is 69.8 Å². The van der Waals surface area contributed by atoms with E-state index in [1.54, 1.807) is 43.5 Å². The van der Waals surface area contributed by atoms with Crippen molar-refractivity contribution in [3.05, 3.63) is 147 Å². The van der Waals surface area contributed by atoms with Gasteiger partial charge in [-0.15, -0.1) is 0 Å². The maximum Gasteiger partial charge on any atom is 0.323 e. The number of carboxylic acids is 1. The van der Waals surface area contributed by atoms with Gasteiger partial charge in [-0.05, 0) is 90.7 Å². The largest absolute Gasteiger partial charge is 0.495 e. The molecule has 2 atom stereocenters. The summed E-state index contributed by atoms with van der Waals surface area (Å²) in [6, 6.07) is 32.3. The second-order valence-electron chi connectivity index (χ2n) is 12.7. The summed E-state index contributed by atoms with van der Waals surface area (Å²) in [6.07, 6.45) is -2.48. The zero-order chi connectivity index (χ0) is 39.6. The molecular weight excluding hydrogens is 743 g/mol. The second kappa shape index (κ2) is 18.4. The molecule has 4 N–H and O–H groups in total. The Morgan fingerprint density at radius 1 is 0.836 bits per heavy atom. The summed E-state index contributed by atoms with van der Waals surface area (Å²) >= 11 is 12.8. The molecule has 0 aliphatic carbocycles. The van der Waals surface area contributed by atoms with Crippen molar-refractivity contribution in [2.75, 3.05) is 28.0 Å². The highest BCUT2D eigenvalue weighted by Crippen LogP contribution is 2.41. The number of carboxylic acid groups (broad SMARTS) is 1. The number of fused-ring (bicyclic) bond motifs is 1. The molecule has 5 aromatic rings. The van der Waals surface area contributed by atoms with Crippen LogP contribution in [0.3, 0.4) is 0 Å². The van der Waals surface area contributed by atoms with Crippen molar-refractivity contribution in [1.29, 1.82) is 0 Å². The predicted octanol–water partition coefficient (Wildman–Crippen LogP) is 9.40. The van der Waals surface area contributed by atoms with Crippen LogP contribution in [0.15, 0.2) is 109 Å². The molecule has 1 aliphatic rings. The van der Waals surface area contributed by atoms with Gasteiger partial charge in [0.1, 0.15) is 18.0 Å². The molecule has 0 spiro atoms. The lowest BCUT2D eigenvalue weighted by atomic mass is 9.99. The van der Waals surface area contributed by atoms with Crippen LogP contribution >= 0.6 is 23.2 Å². The summed E-state index contributed by atoms with van der Waals surface area (Å²) in [7, 11) is 1.58. The van der Waals surface area contributed by atoms with E-state index in [1.165, 1.54) is 11.8 Å². The lowest BCUT2D eigenvalue weighted by molar-refractivity contribution is -0.147. The zero-order valence-corrected chi connectivity index (χ0v) is 32.1. The number of carbonyl (C=O) groups is 4. The predicted molar refractivity (Wildman–Crippen MR) is 215 cm³/mol. The van der Waals surface area contributed by atoms with Gasteiger partial charge in [0.2, 0.25) is 5.91 Å². The number of benzene rings is 5. The van der Waals surface area contributed by atoms with E-state index in [1.807, 2.05) is 86.6 Å². The van der Waals surface area contributed by atoms with Gasteiger partial charge in [-0.25, -0.2) is 4.79 Å². The smallest absolute Gasteiger partial charge is 0.323 e. The van der Waals surface area contributed by atoms with Crippen molar-refractivity contribution in [2.24, 2.45) is 0 Å². The van der Waals surface area contributed by atoms with E-state index in [9.17, 15) is 24.3 Å². The van der Waals surface area contributed by atoms with E-state index in [2.05, 4.69) is 16.0 Å². The Kier molecular flexibility index (Phi) is 13.5. The molecule has 55 heavy (non-hydrogen) atoms. The number of carbonyl (C=O) groups excluding carboxylic acids is 3. The van der Waals surface area contributed by atoms with Gasteiger partial charge in [-0.3, -0.25) is 14.4 Å². The molecule has 4 amide bonds. The normalized spacial score (nSPS) is 14.7. The summed E-state index contributed by atoms with van der Waals surface area (Å²) in [5.41, 5.74) is 6.52. The number of urea groups is 1. The number of hydrogen-bond acceptors (Lipinski definition) is 6. The first kappa shape index (κ1) is 40.3. The Hall–Kier alpha value is -5.88. The SMILES string of the molecule is CC(=O)Nc1ccc(Cl)c(CN2C(=O)C(CC(=O)O)O[C@@H](c3ccccc3)c3cc(Cl)ccc32)c1.COc1cc(C)ccc1NC(=O)Nc1ccccc1C. The van der Waals surface area contributed by atoms with Gasteiger partial charge in [0.05, 0.1) is 31.5 Å². The average Bonchev–Trinajstić information content (AvgIpc) is 3.25. The molecule has 5 aromatic carbocycles. The number of aryl methyl sites for hydroxylation is 2. The highest BCUT2D eigenvalue weighted by Gasteiger charge is 2.38. The van der Waals surface area contributed by atoms with E-state index in [-0.39, 0.29) is 18.5 Å². The van der Waals surface area contributed by atoms with Crippen molar-refractivity contribution in [1.82, 2.24) is 0 Å². The molecular formula is C42H40Cl2N4O7. The molecule has 0 saturated heterocycles. The standard InChI is InChI=1S/C26H22Cl2N2O5.C16H18N2O2/c1-15(31)29-19-8-9-21(28)17(11-19)14-30-22-10-7-18(27)12-20(22)25(16-5-3-2-4-6-16)35-23(26(30)34)13-24(32)33;1-11-8-9-14(15(10-11)20-3)18-16(19)17-13-7-5-4-6-12(13)2/h2-12,23,25H,13-14H2,1H3,(H,29,31)(H,32,33);4-10H,1-3H3,(H2,17,18,19)/t23?,25-;/m0./s1. The first-order valence-corrected chi connectivity index (χ1v) is 18.0. The van der Waals surface area contributed by atoms with Gasteiger partial charge >= 0.3 is 12.0 Å². The minimum Gasteiger partial charge on any atom is -0.495 e. The number of halogens is 2. The minimum atomic E-state index is -1.25. The molecule has 0 aromatic heterocycles. The maximum atomic E-state index is 13.7. The van der Waals surface area contributed by atoms with Crippen LogP contribution < -0.4 is 25.6 Å². The van der Waals surface area contributed by atoms with Crippen LogP contribution in [0.4, 0.5) is 27.5 Å². The fourth-order valence-electron chi connectivity index (χ4n) is 5.95. The summed E-state index contributed by atoms with van der Waals surface area (Å²) in [4.78, 5) is 50.3. The van der Waals surface area contributed by atoms with E-state index >= 15 is 0 Å². The van der Waals surface area contributed by atoms with E-state index < -0.39 is 30.5 Å². The number of ether oxygens (including phenoxy) is 2. The number of aliphatic carboxylic acids is 1. The van der Waals surface area contributed by atoms with Crippen LogP contribution in [0.2, 0.25) is 10.0 Å². The summed E-state index contributed by atoms with van der Waals surface area (Å²) < 4.78 is 11.4. The molecule has 1 heterocycles. The summed E-state index contributed by atoms with van der Waals surface area (Å²) in [5, 5.41) is 18.6. The van der Waals surface area contributed by atoms with E-state index in [0.717, 1.165) is 22.4 Å². The third kappa shape index (κ3) is 10.6. The summed E-state index contributed by atoms with van der Waals surface area (Å²) in [6.45, 7) is 5.34. The fraction of sp³-hybridized carbons (Fsp3) is 0.190. The number of amides is 4. The van der Waals surface area contributed by atoms with Crippen molar-refractivity contribution in [3.63, 3.8) is 0 Å². The van der Waals surface area contributed by atoms with E-state index in [4.69, 9.17) is 32.7 Å². The number of anilines is 4. The van der Waals surface area contributed by atoms with Crippen LogP contribution in [0, 0.1) is 13.8 Å². The number of nitrogens with one attached hydrogen (secondary N) is 3. The topological polar surface area (TPSA) is 146 Å². The molecule has 0 bridgehead atoms. The van der Waals surface area contributed by atoms with Gasteiger partial charge in [0, 0.05) is 33.9 Å². The lowest BCUT2D eigenvalue weighted by Gasteiger charge is -2.25.